The average molecular weight is 556 g/mol. The van der Waals surface area contributed by atoms with Gasteiger partial charge in [0.05, 0.1) is 19.3 Å². The number of fused-ring (bicyclic) bond motifs is 1. The van der Waals surface area contributed by atoms with Gasteiger partial charge in [0.15, 0.2) is 0 Å². The molecule has 1 aromatic heterocycles. The molecule has 2 heterocycles. The number of nitrogens with one attached hydrogen (secondary N) is 2. The molecule has 0 spiro atoms. The van der Waals surface area contributed by atoms with Gasteiger partial charge in [0, 0.05) is 31.2 Å². The third-order valence-corrected chi connectivity index (χ3v) is 5.06. The van der Waals surface area contributed by atoms with Crippen molar-refractivity contribution in [2.45, 2.75) is 85.5 Å². The van der Waals surface area contributed by atoms with Gasteiger partial charge in [-0.15, -0.1) is 0 Å². The van der Waals surface area contributed by atoms with Gasteiger partial charge in [-0.2, -0.15) is 5.10 Å². The predicted molar refractivity (Wildman–Crippen MR) is 148 cm³/mol. The molecule has 1 aliphatic rings. The van der Waals surface area contributed by atoms with Gasteiger partial charge in [0.2, 0.25) is 11.7 Å². The largest absolute Gasteiger partial charge is 0.451 e. The number of aromatic nitrogens is 2. The van der Waals surface area contributed by atoms with E-state index < -0.39 is 35.1 Å². The molecule has 0 radical (unpaired) electrons. The number of guanidine groups is 1. The van der Waals surface area contributed by atoms with Crippen molar-refractivity contribution in [1.82, 2.24) is 20.4 Å². The number of amides is 2. The number of carbonyl (C=O) groups is 3. The Bertz CT molecular complexity index is 1300. The molecule has 2 aromatic rings. The lowest BCUT2D eigenvalue weighted by atomic mass is 10.0. The van der Waals surface area contributed by atoms with Gasteiger partial charge < -0.3 is 18.9 Å². The molecule has 2 N–H and O–H groups in total. The number of esters is 1. The Morgan fingerprint density at radius 3 is 2.23 bits per heavy atom. The molecular weight excluding hydrogens is 518 g/mol. The molecule has 0 saturated heterocycles. The topological polar surface area (TPSA) is 142 Å². The quantitative estimate of drug-likeness (QED) is 0.233. The molecule has 12 heteroatoms. The van der Waals surface area contributed by atoms with Crippen molar-refractivity contribution >= 4 is 30.2 Å². The number of rotatable bonds is 5. The Balaban J connectivity index is 1.79. The lowest BCUT2D eigenvalue weighted by molar-refractivity contribution is -0.127. The monoisotopic (exact) mass is 555 g/mol. The number of hydrogen-bond donors (Lipinski definition) is 2. The zero-order chi connectivity index (χ0) is 29.9. The number of nitrogens with zero attached hydrogens (tertiary/aromatic N) is 3. The molecule has 0 unspecified atom stereocenters. The van der Waals surface area contributed by atoms with Crippen LogP contribution in [0, 0.1) is 0 Å². The molecule has 12 nitrogen and oxygen atoms in total. The smallest absolute Gasteiger partial charge is 0.414 e. The zero-order valence-corrected chi connectivity index (χ0v) is 24.2. The van der Waals surface area contributed by atoms with Gasteiger partial charge in [-0.05, 0) is 47.1 Å². The molecule has 0 bridgehead atoms. The maximum absolute atomic E-state index is 12.8. The summed E-state index contributed by atoms with van der Waals surface area (Å²) in [6.07, 6.45) is 3.36. The molecule has 0 aliphatic carbocycles. The Morgan fingerprint density at radius 2 is 1.68 bits per heavy atom. The second-order valence-corrected chi connectivity index (χ2v) is 11.6. The summed E-state index contributed by atoms with van der Waals surface area (Å²) in [6, 6.07) is 3.62. The number of benzene rings is 1. The minimum atomic E-state index is -1.10. The molecular formula is C28H37N5O7. The predicted octanol–water partition coefficient (Wildman–Crippen LogP) is 4.77. The summed E-state index contributed by atoms with van der Waals surface area (Å²) in [4.78, 5) is 41.8. The molecule has 2 amide bonds. The number of carbonyl (C=O) groups excluding carboxylic acids is 3. The van der Waals surface area contributed by atoms with Crippen LogP contribution in [-0.4, -0.2) is 50.9 Å². The van der Waals surface area contributed by atoms with Crippen molar-refractivity contribution in [2.75, 3.05) is 0 Å². The van der Waals surface area contributed by atoms with Crippen LogP contribution in [0.1, 0.15) is 82.4 Å². The van der Waals surface area contributed by atoms with Crippen LogP contribution < -0.4 is 15.4 Å². The summed E-state index contributed by atoms with van der Waals surface area (Å²) >= 11 is 0. The highest BCUT2D eigenvalue weighted by molar-refractivity contribution is 6.01. The van der Waals surface area contributed by atoms with Gasteiger partial charge in [0.25, 0.3) is 0 Å². The Labute approximate surface area is 233 Å². The average Bonchev–Trinajstić information content (AvgIpc) is 3.21. The van der Waals surface area contributed by atoms with E-state index in [0.29, 0.717) is 28.0 Å². The molecule has 3 rings (SSSR count). The van der Waals surface area contributed by atoms with Crippen molar-refractivity contribution in [3.8, 4) is 5.75 Å². The second kappa shape index (κ2) is 11.4. The van der Waals surface area contributed by atoms with Gasteiger partial charge in [-0.3, -0.25) is 15.3 Å². The van der Waals surface area contributed by atoms with E-state index in [-0.39, 0.29) is 19.0 Å². The van der Waals surface area contributed by atoms with Crippen molar-refractivity contribution in [2.24, 2.45) is 4.99 Å². The third-order valence-electron chi connectivity index (χ3n) is 5.06. The van der Waals surface area contributed by atoms with Crippen LogP contribution in [0.15, 0.2) is 36.1 Å². The van der Waals surface area contributed by atoms with Crippen LogP contribution in [0.2, 0.25) is 0 Å². The molecule has 0 fully saturated rings. The highest BCUT2D eigenvalue weighted by atomic mass is 16.7. The molecule has 0 saturated carbocycles. The SMILES string of the molecule is C=Cc1ccc(Cn2cc(CN=C(NC(=O)OC(C)(C)C)NC(=O)OC(C)(C)C)cn2)c2c1OC(C)(C)OC2=O. The van der Waals surface area contributed by atoms with Crippen LogP contribution >= 0.6 is 0 Å². The van der Waals surface area contributed by atoms with Crippen LogP contribution in [0.5, 0.6) is 5.75 Å². The van der Waals surface area contributed by atoms with Gasteiger partial charge >= 0.3 is 18.2 Å². The molecule has 216 valence electrons. The van der Waals surface area contributed by atoms with E-state index in [1.54, 1.807) is 84.6 Å². The van der Waals surface area contributed by atoms with Crippen molar-refractivity contribution < 1.29 is 33.3 Å². The summed E-state index contributed by atoms with van der Waals surface area (Å²) in [7, 11) is 0. The standard InChI is InChI=1S/C28H37N5O7/c1-10-18-11-12-19(20-21(18)37-28(8,9)38-22(20)34)16-33-15-17(14-30-33)13-29-23(31-24(35)39-26(2,3)4)32-25(36)40-27(5,6)7/h10-12,14-15H,1,13,16H2,2-9H3,(H2,29,31,32,35,36). The second-order valence-electron chi connectivity index (χ2n) is 11.6. The van der Waals surface area contributed by atoms with Gasteiger partial charge in [0.1, 0.15) is 22.5 Å². The van der Waals surface area contributed by atoms with E-state index in [2.05, 4.69) is 27.3 Å². The summed E-state index contributed by atoms with van der Waals surface area (Å²) in [5, 5.41) is 9.24. The first kappa shape index (κ1) is 30.2. The van der Waals surface area contributed by atoms with Crippen molar-refractivity contribution in [3.63, 3.8) is 0 Å². The molecule has 0 atom stereocenters. The Kier molecular flexibility index (Phi) is 8.61. The van der Waals surface area contributed by atoms with Crippen LogP contribution in [0.3, 0.4) is 0 Å². The molecule has 40 heavy (non-hydrogen) atoms. The molecule has 1 aromatic carbocycles. The first-order valence-electron chi connectivity index (χ1n) is 12.7. The summed E-state index contributed by atoms with van der Waals surface area (Å²) in [6.45, 7) is 17.7. The van der Waals surface area contributed by atoms with E-state index in [4.69, 9.17) is 18.9 Å². The number of hydrogen-bond acceptors (Lipinski definition) is 9. The van der Waals surface area contributed by atoms with Gasteiger partial charge in [-0.25, -0.2) is 19.4 Å². The summed E-state index contributed by atoms with van der Waals surface area (Å²) in [5.41, 5.74) is 0.819. The number of alkyl carbamates (subject to hydrolysis) is 2. The van der Waals surface area contributed by atoms with Crippen LogP contribution in [0.4, 0.5) is 9.59 Å². The maximum atomic E-state index is 12.8. The minimum Gasteiger partial charge on any atom is -0.451 e. The first-order valence-corrected chi connectivity index (χ1v) is 12.7. The van der Waals surface area contributed by atoms with Crippen LogP contribution in [0.25, 0.3) is 6.08 Å². The summed E-state index contributed by atoms with van der Waals surface area (Å²) < 4.78 is 23.5. The van der Waals surface area contributed by atoms with E-state index in [0.717, 1.165) is 0 Å². The highest BCUT2D eigenvalue weighted by Crippen LogP contribution is 2.37. The highest BCUT2D eigenvalue weighted by Gasteiger charge is 2.36. The number of aliphatic imine (C=N–C) groups is 1. The van der Waals surface area contributed by atoms with E-state index in [1.165, 1.54) is 0 Å². The van der Waals surface area contributed by atoms with E-state index in [1.807, 2.05) is 6.07 Å². The Hall–Kier alpha value is -4.35. The third kappa shape index (κ3) is 8.58. The molecule has 1 aliphatic heterocycles. The number of cyclic esters (lactones) is 1. The van der Waals surface area contributed by atoms with E-state index in [9.17, 15) is 14.4 Å². The lowest BCUT2D eigenvalue weighted by Gasteiger charge is -2.33. The maximum Gasteiger partial charge on any atom is 0.414 e. The Morgan fingerprint density at radius 1 is 1.07 bits per heavy atom. The van der Waals surface area contributed by atoms with Gasteiger partial charge in [-0.1, -0.05) is 24.8 Å². The lowest BCUT2D eigenvalue weighted by Crippen LogP contribution is -2.47. The fourth-order valence-electron chi connectivity index (χ4n) is 3.64. The number of ether oxygens (including phenoxy) is 4. The van der Waals surface area contributed by atoms with Crippen LogP contribution in [-0.2, 0) is 27.3 Å². The first-order chi connectivity index (χ1) is 18.4. The normalized spacial score (nSPS) is 14.2. The zero-order valence-electron chi connectivity index (χ0n) is 24.2. The van der Waals surface area contributed by atoms with Crippen molar-refractivity contribution in [3.05, 3.63) is 53.4 Å². The van der Waals surface area contributed by atoms with E-state index >= 15 is 0 Å². The summed E-state index contributed by atoms with van der Waals surface area (Å²) in [5.74, 6) is -1.33. The minimum absolute atomic E-state index is 0.0633. The fraction of sp³-hybridized carbons (Fsp3) is 0.464. The van der Waals surface area contributed by atoms with Crippen molar-refractivity contribution in [1.29, 1.82) is 0 Å². The fourth-order valence-corrected chi connectivity index (χ4v) is 3.64.